The van der Waals surface area contributed by atoms with Gasteiger partial charge in [-0.3, -0.25) is 14.5 Å². The van der Waals surface area contributed by atoms with E-state index in [9.17, 15) is 14.7 Å². The molecule has 1 aromatic carbocycles. The van der Waals surface area contributed by atoms with Crippen molar-refractivity contribution >= 4 is 24.2 Å². The number of ketones is 1. The van der Waals surface area contributed by atoms with Gasteiger partial charge in [0.25, 0.3) is 0 Å². The molecule has 0 spiro atoms. The molecule has 0 bridgehead atoms. The van der Waals surface area contributed by atoms with Crippen LogP contribution in [0.5, 0.6) is 5.75 Å². The fourth-order valence-electron chi connectivity index (χ4n) is 2.73. The molecule has 122 valence electrons. The number of hydrogen-bond acceptors (Lipinski definition) is 4. The summed E-state index contributed by atoms with van der Waals surface area (Å²) in [5, 5.41) is 9.25. The molecule has 0 amide bonds. The predicted octanol–water partition coefficient (Wildman–Crippen LogP) is 2.76. The number of likely N-dealkylation sites (tertiary alicyclic amines) is 1. The Morgan fingerprint density at radius 3 is 2.73 bits per heavy atom. The molecule has 1 N–H and O–H groups in total. The summed E-state index contributed by atoms with van der Waals surface area (Å²) in [4.78, 5) is 24.7. The summed E-state index contributed by atoms with van der Waals surface area (Å²) in [6, 6.07) is 4.90. The van der Waals surface area contributed by atoms with Gasteiger partial charge < -0.3 is 9.84 Å². The fraction of sp³-hybridized carbons (Fsp3) is 0.500. The van der Waals surface area contributed by atoms with Crippen molar-refractivity contribution in [2.75, 3.05) is 13.2 Å². The van der Waals surface area contributed by atoms with Gasteiger partial charge in [0, 0.05) is 17.7 Å². The average molecular weight is 328 g/mol. The van der Waals surface area contributed by atoms with E-state index < -0.39 is 12.0 Å². The second-order valence-electron chi connectivity index (χ2n) is 5.28. The molecule has 1 atom stereocenters. The largest absolute Gasteiger partial charge is 0.494 e. The first kappa shape index (κ1) is 18.5. The average Bonchev–Trinajstić information content (AvgIpc) is 2.89. The Hall–Kier alpha value is -1.59. The lowest BCUT2D eigenvalue weighted by Crippen LogP contribution is -2.35. The van der Waals surface area contributed by atoms with E-state index in [0.717, 1.165) is 24.3 Å². The van der Waals surface area contributed by atoms with Crippen LogP contribution in [0.15, 0.2) is 18.2 Å². The quantitative estimate of drug-likeness (QED) is 0.814. The molecule has 5 nitrogen and oxygen atoms in total. The Morgan fingerprint density at radius 2 is 2.14 bits per heavy atom. The predicted molar refractivity (Wildman–Crippen MR) is 85.9 cm³/mol. The molecule has 1 fully saturated rings. The van der Waals surface area contributed by atoms with Gasteiger partial charge in [-0.1, -0.05) is 0 Å². The van der Waals surface area contributed by atoms with E-state index in [1.807, 2.05) is 17.9 Å². The van der Waals surface area contributed by atoms with Crippen LogP contribution in [0, 0.1) is 0 Å². The normalized spacial score (nSPS) is 17.8. The van der Waals surface area contributed by atoms with Gasteiger partial charge in [0.1, 0.15) is 11.8 Å². The fourth-order valence-corrected chi connectivity index (χ4v) is 2.73. The lowest BCUT2D eigenvalue weighted by atomic mass is 10.1. The topological polar surface area (TPSA) is 66.8 Å². The van der Waals surface area contributed by atoms with Crippen molar-refractivity contribution in [3.05, 3.63) is 29.3 Å². The zero-order valence-corrected chi connectivity index (χ0v) is 13.7. The van der Waals surface area contributed by atoms with Crippen molar-refractivity contribution in [2.24, 2.45) is 0 Å². The molecule has 0 radical (unpaired) electrons. The molecular formula is C16H22ClNO4. The molecule has 0 aromatic heterocycles. The van der Waals surface area contributed by atoms with Crippen molar-refractivity contribution in [2.45, 2.75) is 39.3 Å². The summed E-state index contributed by atoms with van der Waals surface area (Å²) >= 11 is 0. The number of nitrogens with zero attached hydrogens (tertiary/aromatic N) is 1. The van der Waals surface area contributed by atoms with Crippen LogP contribution in [0.3, 0.4) is 0 Å². The Labute approximate surface area is 136 Å². The number of carboxylic acids is 1. The molecule has 0 aliphatic carbocycles. The van der Waals surface area contributed by atoms with Gasteiger partial charge in [-0.15, -0.1) is 12.4 Å². The number of ether oxygens (including phenoxy) is 1. The maximum Gasteiger partial charge on any atom is 0.320 e. The van der Waals surface area contributed by atoms with Crippen molar-refractivity contribution < 1.29 is 19.4 Å². The van der Waals surface area contributed by atoms with Crippen molar-refractivity contribution in [3.8, 4) is 5.75 Å². The highest BCUT2D eigenvalue weighted by Crippen LogP contribution is 2.26. The van der Waals surface area contributed by atoms with E-state index in [1.165, 1.54) is 6.92 Å². The van der Waals surface area contributed by atoms with Crippen molar-refractivity contribution in [1.82, 2.24) is 4.90 Å². The van der Waals surface area contributed by atoms with E-state index in [0.29, 0.717) is 25.1 Å². The van der Waals surface area contributed by atoms with Crippen LogP contribution in [0.25, 0.3) is 0 Å². The van der Waals surface area contributed by atoms with Crippen LogP contribution in [0.4, 0.5) is 0 Å². The SMILES string of the molecule is CCOc1ccc(C(C)=O)cc1CN1CCC[C@H]1C(=O)O.Cl. The highest BCUT2D eigenvalue weighted by Gasteiger charge is 2.30. The van der Waals surface area contributed by atoms with Crippen LogP contribution >= 0.6 is 12.4 Å². The minimum atomic E-state index is -0.784. The van der Waals surface area contributed by atoms with E-state index >= 15 is 0 Å². The second kappa shape index (κ2) is 8.15. The number of carbonyl (C=O) groups is 2. The number of aliphatic carboxylic acids is 1. The maximum absolute atomic E-state index is 11.5. The van der Waals surface area contributed by atoms with Crippen LogP contribution in [-0.4, -0.2) is 41.0 Å². The molecule has 1 aliphatic rings. The van der Waals surface area contributed by atoms with E-state index in [2.05, 4.69) is 0 Å². The number of halogens is 1. The molecule has 1 aromatic rings. The molecular weight excluding hydrogens is 306 g/mol. The Morgan fingerprint density at radius 1 is 1.41 bits per heavy atom. The van der Waals surface area contributed by atoms with Gasteiger partial charge in [0.05, 0.1) is 6.61 Å². The molecule has 0 unspecified atom stereocenters. The highest BCUT2D eigenvalue weighted by atomic mass is 35.5. The smallest absolute Gasteiger partial charge is 0.320 e. The lowest BCUT2D eigenvalue weighted by molar-refractivity contribution is -0.142. The summed E-state index contributed by atoms with van der Waals surface area (Å²) in [7, 11) is 0. The summed E-state index contributed by atoms with van der Waals surface area (Å²) in [5.41, 5.74) is 1.50. The number of rotatable bonds is 6. The first-order valence-corrected chi connectivity index (χ1v) is 7.26. The Kier molecular flexibility index (Phi) is 6.84. The van der Waals surface area contributed by atoms with Gasteiger partial charge in [-0.2, -0.15) is 0 Å². The van der Waals surface area contributed by atoms with Crippen LogP contribution < -0.4 is 4.74 Å². The van der Waals surface area contributed by atoms with Gasteiger partial charge in [0.15, 0.2) is 5.78 Å². The molecule has 22 heavy (non-hydrogen) atoms. The lowest BCUT2D eigenvalue weighted by Gasteiger charge is -2.22. The molecule has 1 saturated heterocycles. The summed E-state index contributed by atoms with van der Waals surface area (Å²) < 4.78 is 5.59. The third-order valence-corrected chi connectivity index (χ3v) is 3.79. The molecule has 1 aliphatic heterocycles. The molecule has 2 rings (SSSR count). The molecule has 1 heterocycles. The summed E-state index contributed by atoms with van der Waals surface area (Å²) in [6.45, 7) is 5.21. The highest BCUT2D eigenvalue weighted by molar-refractivity contribution is 5.94. The third kappa shape index (κ3) is 4.21. The number of hydrogen-bond donors (Lipinski definition) is 1. The zero-order chi connectivity index (χ0) is 15.4. The van der Waals surface area contributed by atoms with Crippen LogP contribution in [0.2, 0.25) is 0 Å². The van der Waals surface area contributed by atoms with Gasteiger partial charge in [-0.05, 0) is 51.4 Å². The summed E-state index contributed by atoms with van der Waals surface area (Å²) in [6.07, 6.45) is 1.55. The van der Waals surface area contributed by atoms with E-state index in [1.54, 1.807) is 12.1 Å². The number of Topliss-reactive ketones (excluding diaryl/α,β-unsaturated/α-hetero) is 1. The minimum Gasteiger partial charge on any atom is -0.494 e. The number of carboxylic acid groups (broad SMARTS) is 1. The first-order valence-electron chi connectivity index (χ1n) is 7.26. The first-order chi connectivity index (χ1) is 10.0. The van der Waals surface area contributed by atoms with Crippen LogP contribution in [0.1, 0.15) is 42.6 Å². The van der Waals surface area contributed by atoms with Gasteiger partial charge in [-0.25, -0.2) is 0 Å². The molecule has 0 saturated carbocycles. The molecule has 6 heteroatoms. The standard InChI is InChI=1S/C16H21NO4.ClH/c1-3-21-15-7-6-12(11(2)18)9-13(15)10-17-8-4-5-14(17)16(19)20;/h6-7,9,14H,3-5,8,10H2,1-2H3,(H,19,20);1H/t14-;/m0./s1. The minimum absolute atomic E-state index is 0. The van der Waals surface area contributed by atoms with Gasteiger partial charge in [0.2, 0.25) is 0 Å². The number of carbonyl (C=O) groups excluding carboxylic acids is 1. The maximum atomic E-state index is 11.5. The van der Waals surface area contributed by atoms with Crippen molar-refractivity contribution in [1.29, 1.82) is 0 Å². The number of benzene rings is 1. The van der Waals surface area contributed by atoms with E-state index in [4.69, 9.17) is 4.74 Å². The Bertz CT molecular complexity index is 547. The van der Waals surface area contributed by atoms with E-state index in [-0.39, 0.29) is 18.2 Å². The second-order valence-corrected chi connectivity index (χ2v) is 5.28. The van der Waals surface area contributed by atoms with Crippen molar-refractivity contribution in [3.63, 3.8) is 0 Å². The monoisotopic (exact) mass is 327 g/mol. The van der Waals surface area contributed by atoms with Gasteiger partial charge >= 0.3 is 5.97 Å². The Balaban J connectivity index is 0.00000242. The third-order valence-electron chi connectivity index (χ3n) is 3.79. The zero-order valence-electron chi connectivity index (χ0n) is 12.9. The summed E-state index contributed by atoms with van der Waals surface area (Å²) in [5.74, 6) is -0.0674. The van der Waals surface area contributed by atoms with Crippen LogP contribution in [-0.2, 0) is 11.3 Å².